The molecule has 0 spiro atoms. The summed E-state index contributed by atoms with van der Waals surface area (Å²) in [6, 6.07) is 0. The summed E-state index contributed by atoms with van der Waals surface area (Å²) in [7, 11) is 0. The van der Waals surface area contributed by atoms with Gasteiger partial charge in [-0.25, -0.2) is 0 Å². The second-order valence-electron chi connectivity index (χ2n) is 10.6. The van der Waals surface area contributed by atoms with Crippen molar-refractivity contribution in [1.29, 1.82) is 0 Å². The first-order valence-electron chi connectivity index (χ1n) is 17.4. The van der Waals surface area contributed by atoms with E-state index in [1.165, 1.54) is 180 Å². The standard InChI is InChI=1S/2C16H34S.2C2H5.Sn/c2*1-2-3-4-5-6-7-8-9-10-11-12-13-14-15-16-17;2*1-2;/h2*17H,2-16H2,1H3;2*1H2,2H3;/q;;;;+2/p-2. The van der Waals surface area contributed by atoms with Crippen LogP contribution in [0.15, 0.2) is 0 Å². The van der Waals surface area contributed by atoms with Gasteiger partial charge < -0.3 is 25.3 Å². The van der Waals surface area contributed by atoms with E-state index in [0.29, 0.717) is 0 Å². The smallest absolute Gasteiger partial charge is 0.793 e. The van der Waals surface area contributed by atoms with Crippen LogP contribution in [0.5, 0.6) is 0 Å². The second kappa shape index (κ2) is 59.0. The van der Waals surface area contributed by atoms with Gasteiger partial charge in [-0.15, -0.1) is 0 Å². The Balaban J connectivity index is -0.000000171. The molecule has 3 heteroatoms. The number of unbranched alkanes of at least 4 members (excludes halogenated alkanes) is 26. The first kappa shape index (κ1) is 50.1. The molecule has 0 N–H and O–H groups in total. The summed E-state index contributed by atoms with van der Waals surface area (Å²) < 4.78 is 0. The molecule has 0 saturated carbocycles. The normalized spacial score (nSPS) is 9.85. The molecule has 0 aromatic heterocycles. The van der Waals surface area contributed by atoms with Gasteiger partial charge in [0, 0.05) is 0 Å². The van der Waals surface area contributed by atoms with Crippen LogP contribution in [0.2, 0.25) is 0 Å². The van der Waals surface area contributed by atoms with Crippen LogP contribution in [0.3, 0.4) is 0 Å². The molecule has 0 rings (SSSR count). The Bertz CT molecular complexity index is 254. The molecule has 0 nitrogen and oxygen atoms in total. The fourth-order valence-corrected chi connectivity index (χ4v) is 5.00. The van der Waals surface area contributed by atoms with Gasteiger partial charge in [-0.3, -0.25) is 0 Å². The number of hydrogen-bond donors (Lipinski definition) is 0. The molecule has 0 aromatic rings. The monoisotopic (exact) mass is 692 g/mol. The largest absolute Gasteiger partial charge is 2.00 e. The Morgan fingerprint density at radius 3 is 0.538 bits per heavy atom. The minimum absolute atomic E-state index is 0. The molecule has 0 aliphatic rings. The van der Waals surface area contributed by atoms with Crippen molar-refractivity contribution in [1.82, 2.24) is 0 Å². The molecule has 0 saturated heterocycles. The molecule has 236 valence electrons. The third-order valence-electron chi connectivity index (χ3n) is 7.00. The molecule has 0 aliphatic heterocycles. The van der Waals surface area contributed by atoms with Crippen molar-refractivity contribution >= 4 is 49.2 Å². The predicted molar refractivity (Wildman–Crippen MR) is 193 cm³/mol. The van der Waals surface area contributed by atoms with Crippen molar-refractivity contribution in [2.24, 2.45) is 0 Å². The minimum Gasteiger partial charge on any atom is -0.793 e. The Labute approximate surface area is 280 Å². The first-order chi connectivity index (χ1) is 18.8. The second-order valence-corrected chi connectivity index (χ2v) is 11.4. The van der Waals surface area contributed by atoms with Crippen molar-refractivity contribution in [2.75, 3.05) is 11.5 Å². The van der Waals surface area contributed by atoms with Crippen LogP contribution in [0, 0.1) is 13.8 Å². The van der Waals surface area contributed by atoms with E-state index in [2.05, 4.69) is 27.7 Å². The van der Waals surface area contributed by atoms with Crippen LogP contribution < -0.4 is 0 Å². The topological polar surface area (TPSA) is 0 Å². The SMILES string of the molecule is CCCCCCCCCCCCCCCC[S-].CCCCCCCCCCCCCCCC[S-].[CH2]C.[CH2]C.[Sn+2]. The van der Waals surface area contributed by atoms with Gasteiger partial charge in [0.15, 0.2) is 0 Å². The summed E-state index contributed by atoms with van der Waals surface area (Å²) >= 11 is 9.88. The maximum atomic E-state index is 4.94. The summed E-state index contributed by atoms with van der Waals surface area (Å²) in [5.41, 5.74) is 0. The molecule has 0 aromatic carbocycles. The van der Waals surface area contributed by atoms with Gasteiger partial charge >= 0.3 is 23.9 Å². The van der Waals surface area contributed by atoms with E-state index in [9.17, 15) is 0 Å². The fraction of sp³-hybridized carbons (Fsp3) is 0.944. The summed E-state index contributed by atoms with van der Waals surface area (Å²) in [6.45, 7) is 14.6. The van der Waals surface area contributed by atoms with E-state index in [1.807, 2.05) is 0 Å². The molecule has 0 aliphatic carbocycles. The van der Waals surface area contributed by atoms with Crippen LogP contribution in [0.1, 0.15) is 207 Å². The van der Waals surface area contributed by atoms with Crippen LogP contribution in [-0.4, -0.2) is 35.4 Å². The molecule has 0 unspecified atom stereocenters. The zero-order valence-electron chi connectivity index (χ0n) is 27.9. The molecular formula is C36H76S2Sn. The molecule has 0 bridgehead atoms. The average molecular weight is 692 g/mol. The number of hydrogen-bond acceptors (Lipinski definition) is 2. The molecule has 0 heterocycles. The Morgan fingerprint density at radius 1 is 0.282 bits per heavy atom. The van der Waals surface area contributed by atoms with Gasteiger partial charge in [-0.2, -0.15) is 11.5 Å². The van der Waals surface area contributed by atoms with Crippen molar-refractivity contribution in [3.63, 3.8) is 0 Å². The third-order valence-corrected chi connectivity index (χ3v) is 7.57. The van der Waals surface area contributed by atoms with Crippen LogP contribution in [0.4, 0.5) is 0 Å². The maximum absolute atomic E-state index is 4.94. The molecule has 0 fully saturated rings. The van der Waals surface area contributed by atoms with Gasteiger partial charge in [0.2, 0.25) is 0 Å². The van der Waals surface area contributed by atoms with Gasteiger partial charge in [-0.1, -0.05) is 221 Å². The van der Waals surface area contributed by atoms with Gasteiger partial charge in [-0.05, 0) is 0 Å². The fourth-order valence-electron chi connectivity index (χ4n) is 4.59. The van der Waals surface area contributed by atoms with E-state index < -0.39 is 0 Å². The van der Waals surface area contributed by atoms with Crippen molar-refractivity contribution < 1.29 is 0 Å². The van der Waals surface area contributed by atoms with E-state index in [4.69, 9.17) is 25.3 Å². The van der Waals surface area contributed by atoms with E-state index in [1.54, 1.807) is 13.8 Å². The molecule has 39 heavy (non-hydrogen) atoms. The molecule has 0 atom stereocenters. The maximum Gasteiger partial charge on any atom is 2.00 e. The Hall–Kier alpha value is 1.50. The Kier molecular flexibility index (Phi) is 75.9. The predicted octanol–water partition coefficient (Wildman–Crippen LogP) is 13.3. The zero-order chi connectivity index (χ0) is 29.2. The van der Waals surface area contributed by atoms with Gasteiger partial charge in [0.25, 0.3) is 0 Å². The van der Waals surface area contributed by atoms with E-state index >= 15 is 0 Å². The minimum atomic E-state index is 0. The summed E-state index contributed by atoms with van der Waals surface area (Å²) in [5.74, 6) is 1.91. The molecular weight excluding hydrogens is 615 g/mol. The summed E-state index contributed by atoms with van der Waals surface area (Å²) in [4.78, 5) is 0. The van der Waals surface area contributed by atoms with E-state index in [-0.39, 0.29) is 23.9 Å². The summed E-state index contributed by atoms with van der Waals surface area (Å²) in [5, 5.41) is 0. The molecule has 0 amide bonds. The number of rotatable bonds is 28. The quantitative estimate of drug-likeness (QED) is 0.0455. The molecule has 4 radical (unpaired) electrons. The zero-order valence-corrected chi connectivity index (χ0v) is 32.4. The first-order valence-corrected chi connectivity index (χ1v) is 18.6. The average Bonchev–Trinajstić information content (AvgIpc) is 2.96. The van der Waals surface area contributed by atoms with Crippen molar-refractivity contribution in [3.05, 3.63) is 13.8 Å². The van der Waals surface area contributed by atoms with Gasteiger partial charge in [0.05, 0.1) is 0 Å². The van der Waals surface area contributed by atoms with Crippen LogP contribution in [-0.2, 0) is 25.3 Å². The van der Waals surface area contributed by atoms with E-state index in [0.717, 1.165) is 11.5 Å². The van der Waals surface area contributed by atoms with Crippen LogP contribution in [0.25, 0.3) is 0 Å². The Morgan fingerprint density at radius 2 is 0.410 bits per heavy atom. The van der Waals surface area contributed by atoms with Crippen molar-refractivity contribution in [2.45, 2.75) is 207 Å². The van der Waals surface area contributed by atoms with Crippen molar-refractivity contribution in [3.8, 4) is 0 Å². The third kappa shape index (κ3) is 63.8. The van der Waals surface area contributed by atoms with Crippen LogP contribution >= 0.6 is 0 Å². The summed E-state index contributed by atoms with van der Waals surface area (Å²) in [6.07, 6.45) is 40.0. The van der Waals surface area contributed by atoms with Gasteiger partial charge in [0.1, 0.15) is 0 Å².